The van der Waals surface area contributed by atoms with Gasteiger partial charge in [-0.15, -0.1) is 0 Å². The number of aliphatic hydroxyl groups is 1. The van der Waals surface area contributed by atoms with E-state index in [4.69, 9.17) is 15.0 Å². The van der Waals surface area contributed by atoms with E-state index in [1.54, 1.807) is 26.8 Å². The van der Waals surface area contributed by atoms with Crippen LogP contribution in [0.1, 0.15) is 65.7 Å². The Morgan fingerprint density at radius 3 is 2.43 bits per heavy atom. The number of primary amides is 1. The van der Waals surface area contributed by atoms with Crippen LogP contribution in [0.2, 0.25) is 0 Å². The van der Waals surface area contributed by atoms with Gasteiger partial charge in [0.1, 0.15) is 17.4 Å². The van der Waals surface area contributed by atoms with E-state index in [1.807, 2.05) is 35.8 Å². The van der Waals surface area contributed by atoms with Crippen LogP contribution < -0.4 is 5.73 Å². The Kier molecular flexibility index (Phi) is 6.90. The van der Waals surface area contributed by atoms with Gasteiger partial charge in [0.15, 0.2) is 0 Å². The molecule has 3 aromatic carbocycles. The molecule has 1 aliphatic heterocycles. The van der Waals surface area contributed by atoms with Gasteiger partial charge in [0.25, 0.3) is 0 Å². The summed E-state index contributed by atoms with van der Waals surface area (Å²) in [6.07, 6.45) is 1.31. The number of aryl methyl sites for hydroxylation is 2. The normalized spacial score (nSPS) is 15.5. The maximum atomic E-state index is 15.7. The van der Waals surface area contributed by atoms with Crippen LogP contribution in [0.5, 0.6) is 0 Å². The smallest absolute Gasteiger partial charge is 0.249 e. The number of benzene rings is 3. The highest BCUT2D eigenvalue weighted by Gasteiger charge is 2.33. The van der Waals surface area contributed by atoms with Gasteiger partial charge in [-0.3, -0.25) is 4.79 Å². The van der Waals surface area contributed by atoms with Gasteiger partial charge >= 0.3 is 0 Å². The Labute approximate surface area is 241 Å². The van der Waals surface area contributed by atoms with Crippen LogP contribution >= 0.6 is 0 Å². The third kappa shape index (κ3) is 4.66. The van der Waals surface area contributed by atoms with Crippen LogP contribution in [0.15, 0.2) is 53.1 Å². The number of rotatable bonds is 6. The molecule has 2 aromatic heterocycles. The van der Waals surface area contributed by atoms with Crippen molar-refractivity contribution in [1.82, 2.24) is 9.72 Å². The number of amides is 1. The highest BCUT2D eigenvalue weighted by molar-refractivity contribution is 6.19. The molecule has 1 fully saturated rings. The van der Waals surface area contributed by atoms with Gasteiger partial charge < -0.3 is 24.7 Å². The molecule has 42 heavy (non-hydrogen) atoms. The zero-order chi connectivity index (χ0) is 29.9. The number of nitrogens with two attached hydrogens (primary N) is 1. The number of aromatic nitrogens is 2. The third-order valence-electron chi connectivity index (χ3n) is 8.47. The summed E-state index contributed by atoms with van der Waals surface area (Å²) in [7, 11) is 0. The number of carbonyl (C=O) groups is 1. The molecule has 0 aliphatic carbocycles. The zero-order valence-corrected chi connectivity index (χ0v) is 24.0. The summed E-state index contributed by atoms with van der Waals surface area (Å²) in [6.45, 7) is 8.03. The van der Waals surface area contributed by atoms with Crippen molar-refractivity contribution in [2.45, 2.75) is 52.2 Å². The summed E-state index contributed by atoms with van der Waals surface area (Å²) in [5, 5.41) is 16.4. The van der Waals surface area contributed by atoms with Gasteiger partial charge in [-0.25, -0.2) is 8.78 Å². The topological polar surface area (TPSA) is 104 Å². The molecule has 6 rings (SSSR count). The lowest BCUT2D eigenvalue weighted by Crippen LogP contribution is -2.27. The minimum Gasteiger partial charge on any atom is -0.386 e. The van der Waals surface area contributed by atoms with E-state index in [-0.39, 0.29) is 5.92 Å². The van der Waals surface area contributed by atoms with E-state index < -0.39 is 29.2 Å². The number of halogens is 2. The van der Waals surface area contributed by atoms with Crippen molar-refractivity contribution >= 4 is 27.7 Å². The molecule has 1 amide bonds. The Morgan fingerprint density at radius 2 is 1.81 bits per heavy atom. The van der Waals surface area contributed by atoms with Crippen molar-refractivity contribution in [3.63, 3.8) is 0 Å². The molecule has 1 atom stereocenters. The number of hydrogen-bond acceptors (Lipinski definition) is 5. The second-order valence-corrected chi connectivity index (χ2v) is 11.7. The number of nitrogens with zero attached hydrogens (tertiary/aromatic N) is 2. The van der Waals surface area contributed by atoms with Crippen molar-refractivity contribution < 1.29 is 27.9 Å². The molecular formula is C33H33F2N3O4. The van der Waals surface area contributed by atoms with Gasteiger partial charge in [0.05, 0.1) is 28.4 Å². The summed E-state index contributed by atoms with van der Waals surface area (Å²) in [4.78, 5) is 13.0. The highest BCUT2D eigenvalue weighted by Crippen LogP contribution is 2.45. The molecule has 0 spiro atoms. The van der Waals surface area contributed by atoms with Crippen molar-refractivity contribution in [2.75, 3.05) is 13.2 Å². The van der Waals surface area contributed by atoms with Gasteiger partial charge in [0, 0.05) is 46.7 Å². The summed E-state index contributed by atoms with van der Waals surface area (Å²) in [5.41, 5.74) is 9.55. The molecule has 3 heterocycles. The van der Waals surface area contributed by atoms with Crippen LogP contribution in [0.4, 0.5) is 8.78 Å². The number of ether oxygens (including phenoxy) is 1. The van der Waals surface area contributed by atoms with Crippen molar-refractivity contribution in [3.05, 3.63) is 88.3 Å². The van der Waals surface area contributed by atoms with E-state index in [2.05, 4.69) is 5.16 Å². The molecule has 1 unspecified atom stereocenters. The van der Waals surface area contributed by atoms with E-state index in [9.17, 15) is 14.3 Å². The zero-order valence-electron chi connectivity index (χ0n) is 24.0. The summed E-state index contributed by atoms with van der Waals surface area (Å²) < 4.78 is 43.0. The average Bonchev–Trinajstić information content (AvgIpc) is 3.45. The molecule has 7 nitrogen and oxygen atoms in total. The molecule has 1 aliphatic rings. The predicted octanol–water partition coefficient (Wildman–Crippen LogP) is 6.69. The summed E-state index contributed by atoms with van der Waals surface area (Å²) >= 11 is 0. The quantitative estimate of drug-likeness (QED) is 0.236. The average molecular weight is 574 g/mol. The lowest BCUT2D eigenvalue weighted by Gasteiger charge is -2.33. The van der Waals surface area contributed by atoms with Crippen molar-refractivity contribution in [3.8, 4) is 11.1 Å². The second kappa shape index (κ2) is 10.3. The first kappa shape index (κ1) is 28.1. The Morgan fingerprint density at radius 1 is 1.07 bits per heavy atom. The van der Waals surface area contributed by atoms with Crippen LogP contribution in [0.25, 0.3) is 32.9 Å². The van der Waals surface area contributed by atoms with Crippen LogP contribution in [0.3, 0.4) is 0 Å². The van der Waals surface area contributed by atoms with Crippen molar-refractivity contribution in [1.29, 1.82) is 0 Å². The van der Waals surface area contributed by atoms with E-state index >= 15 is 4.39 Å². The first-order valence-electron chi connectivity index (χ1n) is 14.1. The second-order valence-electron chi connectivity index (χ2n) is 11.7. The fourth-order valence-electron chi connectivity index (χ4n) is 6.46. The molecular weight excluding hydrogens is 540 g/mol. The van der Waals surface area contributed by atoms with Crippen LogP contribution in [0, 0.1) is 31.4 Å². The van der Waals surface area contributed by atoms with Crippen LogP contribution in [-0.4, -0.2) is 34.0 Å². The summed E-state index contributed by atoms with van der Waals surface area (Å²) in [6, 6.07) is 12.4. The molecule has 0 saturated carbocycles. The Balaban J connectivity index is 1.79. The maximum absolute atomic E-state index is 15.7. The minimum atomic E-state index is -1.17. The number of hydrogen-bond donors (Lipinski definition) is 2. The standard InChI is InChI=1S/C33H33F2N3O4/c1-17-29(18(2)42-37-17)20-13-25(32(36)39)30-24-7-5-21(33(3,4)40)15-27(24)38(28(30)14-20)31(19-9-11-41-12-10-19)23-8-6-22(34)16-26(23)35/h5-8,13-16,19,31,40H,9-12H2,1-4H3,(H2,36,39). The Hall–Kier alpha value is -4.08. The number of fused-ring (bicyclic) bond motifs is 3. The Bertz CT molecular complexity index is 1820. The lowest BCUT2D eigenvalue weighted by atomic mass is 9.86. The van der Waals surface area contributed by atoms with Gasteiger partial charge in [-0.05, 0) is 81.8 Å². The maximum Gasteiger partial charge on any atom is 0.249 e. The van der Waals surface area contributed by atoms with Crippen LogP contribution in [-0.2, 0) is 10.3 Å². The first-order chi connectivity index (χ1) is 20.0. The van der Waals surface area contributed by atoms with Crippen molar-refractivity contribution in [2.24, 2.45) is 11.7 Å². The van der Waals surface area contributed by atoms with Gasteiger partial charge in [-0.1, -0.05) is 23.4 Å². The van der Waals surface area contributed by atoms with E-state index in [0.717, 1.165) is 17.0 Å². The molecule has 1 saturated heterocycles. The van der Waals surface area contributed by atoms with E-state index in [0.29, 0.717) is 76.2 Å². The van der Waals surface area contributed by atoms with E-state index in [1.165, 1.54) is 12.1 Å². The molecule has 3 N–H and O–H groups in total. The molecule has 0 radical (unpaired) electrons. The monoisotopic (exact) mass is 573 g/mol. The molecule has 218 valence electrons. The third-order valence-corrected chi connectivity index (χ3v) is 8.47. The predicted molar refractivity (Wildman–Crippen MR) is 156 cm³/mol. The largest absolute Gasteiger partial charge is 0.386 e. The van der Waals surface area contributed by atoms with Gasteiger partial charge in [-0.2, -0.15) is 0 Å². The molecule has 5 aromatic rings. The molecule has 9 heteroatoms. The molecule has 0 bridgehead atoms. The number of carbonyl (C=O) groups excluding carboxylic acids is 1. The summed E-state index contributed by atoms with van der Waals surface area (Å²) in [5.74, 6) is -1.42. The van der Waals surface area contributed by atoms with Gasteiger partial charge in [0.2, 0.25) is 5.91 Å². The first-order valence-corrected chi connectivity index (χ1v) is 14.1. The highest BCUT2D eigenvalue weighted by atomic mass is 19.1. The minimum absolute atomic E-state index is 0.0666. The fourth-order valence-corrected chi connectivity index (χ4v) is 6.46. The fraction of sp³-hybridized carbons (Fsp3) is 0.333. The SMILES string of the molecule is Cc1noc(C)c1-c1cc(C(N)=O)c2c3ccc(C(C)(C)O)cc3n(C(c3ccc(F)cc3F)C3CCOCC3)c2c1. The lowest BCUT2D eigenvalue weighted by molar-refractivity contribution is 0.0548.